The minimum Gasteiger partial charge on any atom is -0.444 e. The second-order valence-electron chi connectivity index (χ2n) is 7.83. The molecule has 0 radical (unpaired) electrons. The van der Waals surface area contributed by atoms with Gasteiger partial charge in [0.1, 0.15) is 5.60 Å². The summed E-state index contributed by atoms with van der Waals surface area (Å²) in [4.78, 5) is 13.8. The first-order valence-electron chi connectivity index (χ1n) is 8.79. The van der Waals surface area contributed by atoms with Crippen LogP contribution in [-0.2, 0) is 4.74 Å². The number of aryl methyl sites for hydroxylation is 1. The predicted molar refractivity (Wildman–Crippen MR) is 106 cm³/mol. The first-order chi connectivity index (χ1) is 11.1. The maximum absolute atomic E-state index is 12.0. The van der Waals surface area contributed by atoms with E-state index in [0.717, 1.165) is 36.1 Å². The fourth-order valence-electron chi connectivity index (χ4n) is 3.59. The van der Waals surface area contributed by atoms with E-state index in [1.54, 1.807) is 0 Å². The van der Waals surface area contributed by atoms with Gasteiger partial charge in [0.15, 0.2) is 0 Å². The number of aromatic nitrogens is 2. The third kappa shape index (κ3) is 4.39. The van der Waals surface area contributed by atoms with Crippen LogP contribution in [-0.4, -0.2) is 39.5 Å². The average molecular weight is 416 g/mol. The van der Waals surface area contributed by atoms with Gasteiger partial charge in [0, 0.05) is 18.5 Å². The number of carbonyl (C=O) groups is 1. The van der Waals surface area contributed by atoms with E-state index in [4.69, 9.17) is 4.74 Å². The molecule has 0 atom stereocenters. The molecule has 2 fully saturated rings. The topological polar surface area (TPSA) is 47.4 Å². The van der Waals surface area contributed by atoms with Crippen molar-refractivity contribution in [3.05, 3.63) is 15.9 Å². The van der Waals surface area contributed by atoms with Crippen molar-refractivity contribution in [3.63, 3.8) is 0 Å². The average Bonchev–Trinajstić information content (AvgIpc) is 2.64. The normalized spacial score (nSPS) is 18.5. The van der Waals surface area contributed by atoms with Gasteiger partial charge in [-0.15, -0.1) is 0 Å². The van der Waals surface area contributed by atoms with Crippen molar-refractivity contribution in [2.24, 2.45) is 5.41 Å². The summed E-state index contributed by atoms with van der Waals surface area (Å²) in [6, 6.07) is 0.464. The van der Waals surface area contributed by atoms with Gasteiger partial charge in [-0.05, 0) is 63.4 Å². The molecular formula is C19H34BrN3O2. The molecule has 0 unspecified atom stereocenters. The van der Waals surface area contributed by atoms with Gasteiger partial charge in [-0.2, -0.15) is 5.10 Å². The van der Waals surface area contributed by atoms with Crippen LogP contribution in [0.15, 0.2) is 4.47 Å². The van der Waals surface area contributed by atoms with Gasteiger partial charge < -0.3 is 9.64 Å². The zero-order chi connectivity index (χ0) is 18.3. The number of ether oxygens (including phenoxy) is 1. The maximum Gasteiger partial charge on any atom is 0.410 e. The Bertz CT molecular complexity index is 605. The Balaban J connectivity index is 0.00000101. The Morgan fingerprint density at radius 3 is 2.16 bits per heavy atom. The predicted octanol–water partition coefficient (Wildman–Crippen LogP) is 5.50. The summed E-state index contributed by atoms with van der Waals surface area (Å²) in [6.07, 6.45) is 2.01. The lowest BCUT2D eigenvalue weighted by Gasteiger charge is -2.58. The molecule has 1 aliphatic heterocycles. The monoisotopic (exact) mass is 415 g/mol. The lowest BCUT2D eigenvalue weighted by molar-refractivity contribution is -0.0931. The van der Waals surface area contributed by atoms with Crippen LogP contribution in [0.3, 0.4) is 0 Å². The molecule has 1 aromatic rings. The van der Waals surface area contributed by atoms with Gasteiger partial charge in [0.25, 0.3) is 0 Å². The van der Waals surface area contributed by atoms with Crippen molar-refractivity contribution in [1.29, 1.82) is 0 Å². The highest BCUT2D eigenvalue weighted by Crippen LogP contribution is 2.54. The van der Waals surface area contributed by atoms with Crippen molar-refractivity contribution < 1.29 is 9.53 Å². The van der Waals surface area contributed by atoms with Crippen LogP contribution in [0.5, 0.6) is 0 Å². The summed E-state index contributed by atoms with van der Waals surface area (Å²) in [5.41, 5.74) is 2.11. The molecule has 1 amide bonds. The standard InChI is InChI=1S/C16H24BrN3O2.C2H6.CH4/c1-10-13(17)11(2)20(18-10)12-6-16(7-12)8-19(9-16)14(21)22-15(3,4)5;1-2;/h12H,6-9H2,1-5H3;1-2H3;1H4. The van der Waals surface area contributed by atoms with Crippen molar-refractivity contribution in [2.75, 3.05) is 13.1 Å². The molecule has 1 aromatic heterocycles. The molecule has 25 heavy (non-hydrogen) atoms. The summed E-state index contributed by atoms with van der Waals surface area (Å²) in [6.45, 7) is 15.5. The van der Waals surface area contributed by atoms with Gasteiger partial charge in [0.05, 0.1) is 21.9 Å². The van der Waals surface area contributed by atoms with E-state index < -0.39 is 5.60 Å². The number of carbonyl (C=O) groups excluding carboxylic acids is 1. The van der Waals surface area contributed by atoms with Gasteiger partial charge in [-0.3, -0.25) is 4.68 Å². The highest BCUT2D eigenvalue weighted by atomic mass is 79.9. The van der Waals surface area contributed by atoms with E-state index in [0.29, 0.717) is 11.5 Å². The molecule has 3 rings (SSSR count). The minimum atomic E-state index is -0.419. The molecule has 2 aliphatic rings. The minimum absolute atomic E-state index is 0. The Labute approximate surface area is 161 Å². The molecule has 5 nitrogen and oxygen atoms in total. The zero-order valence-corrected chi connectivity index (χ0v) is 17.5. The number of nitrogens with zero attached hydrogens (tertiary/aromatic N) is 3. The van der Waals surface area contributed by atoms with E-state index in [1.165, 1.54) is 5.69 Å². The van der Waals surface area contributed by atoms with E-state index >= 15 is 0 Å². The van der Waals surface area contributed by atoms with Crippen LogP contribution in [0.2, 0.25) is 0 Å². The Kier molecular flexibility index (Phi) is 6.76. The molecular weight excluding hydrogens is 382 g/mol. The van der Waals surface area contributed by atoms with Crippen LogP contribution in [0.25, 0.3) is 0 Å². The molecule has 144 valence electrons. The first kappa shape index (κ1) is 22.0. The second-order valence-corrected chi connectivity index (χ2v) is 8.62. The highest BCUT2D eigenvalue weighted by molar-refractivity contribution is 9.10. The largest absolute Gasteiger partial charge is 0.444 e. The van der Waals surface area contributed by atoms with Gasteiger partial charge in [0.2, 0.25) is 0 Å². The summed E-state index contributed by atoms with van der Waals surface area (Å²) >= 11 is 3.58. The molecule has 0 bridgehead atoms. The first-order valence-corrected chi connectivity index (χ1v) is 9.59. The Morgan fingerprint density at radius 1 is 1.24 bits per heavy atom. The van der Waals surface area contributed by atoms with Crippen molar-refractivity contribution in [2.45, 2.75) is 80.4 Å². The van der Waals surface area contributed by atoms with Crippen molar-refractivity contribution in [3.8, 4) is 0 Å². The fraction of sp³-hybridized carbons (Fsp3) is 0.789. The zero-order valence-electron chi connectivity index (χ0n) is 15.9. The Hall–Kier alpha value is -1.04. The van der Waals surface area contributed by atoms with E-state index in [2.05, 4.69) is 32.6 Å². The molecule has 1 spiro atoms. The van der Waals surface area contributed by atoms with Crippen LogP contribution in [0.1, 0.15) is 72.3 Å². The number of amides is 1. The molecule has 6 heteroatoms. The quantitative estimate of drug-likeness (QED) is 0.608. The number of rotatable bonds is 1. The van der Waals surface area contributed by atoms with E-state index in [9.17, 15) is 4.79 Å². The molecule has 2 heterocycles. The van der Waals surface area contributed by atoms with Crippen LogP contribution < -0.4 is 0 Å². The fourth-order valence-corrected chi connectivity index (χ4v) is 3.85. The van der Waals surface area contributed by atoms with Crippen LogP contribution >= 0.6 is 15.9 Å². The molecule has 0 aromatic carbocycles. The summed E-state index contributed by atoms with van der Waals surface area (Å²) in [7, 11) is 0. The third-order valence-electron chi connectivity index (χ3n) is 4.62. The lowest BCUT2D eigenvalue weighted by Crippen LogP contribution is -2.64. The molecule has 1 saturated carbocycles. The van der Waals surface area contributed by atoms with E-state index in [-0.39, 0.29) is 13.5 Å². The van der Waals surface area contributed by atoms with Gasteiger partial charge in [-0.25, -0.2) is 4.79 Å². The SMILES string of the molecule is C.CC.Cc1nn(C2CC3(C2)CN(C(=O)OC(C)(C)C)C3)c(C)c1Br. The maximum atomic E-state index is 12.0. The van der Waals surface area contributed by atoms with E-state index in [1.807, 2.05) is 46.4 Å². The number of halogens is 1. The van der Waals surface area contributed by atoms with Gasteiger partial charge in [-0.1, -0.05) is 21.3 Å². The third-order valence-corrected chi connectivity index (χ3v) is 5.77. The number of likely N-dealkylation sites (tertiary alicyclic amines) is 1. The second kappa shape index (κ2) is 7.68. The number of hydrogen-bond donors (Lipinski definition) is 0. The smallest absolute Gasteiger partial charge is 0.410 e. The molecule has 1 saturated heterocycles. The number of hydrogen-bond acceptors (Lipinski definition) is 3. The van der Waals surface area contributed by atoms with Gasteiger partial charge >= 0.3 is 6.09 Å². The summed E-state index contributed by atoms with van der Waals surface area (Å²) in [5, 5.41) is 4.62. The lowest BCUT2D eigenvalue weighted by atomic mass is 9.61. The van der Waals surface area contributed by atoms with Crippen molar-refractivity contribution >= 4 is 22.0 Å². The van der Waals surface area contributed by atoms with Crippen molar-refractivity contribution in [1.82, 2.24) is 14.7 Å². The molecule has 1 aliphatic carbocycles. The summed E-state index contributed by atoms with van der Waals surface area (Å²) < 4.78 is 8.66. The highest BCUT2D eigenvalue weighted by Gasteiger charge is 2.55. The van der Waals surface area contributed by atoms with Crippen LogP contribution in [0.4, 0.5) is 4.79 Å². The summed E-state index contributed by atoms with van der Waals surface area (Å²) in [5.74, 6) is 0. The Morgan fingerprint density at radius 2 is 1.76 bits per heavy atom. The molecule has 0 N–H and O–H groups in total. The van der Waals surface area contributed by atoms with Crippen LogP contribution in [0, 0.1) is 19.3 Å².